The normalized spacial score (nSPS) is 17.6. The number of rotatable bonds is 9. The summed E-state index contributed by atoms with van der Waals surface area (Å²) in [6.07, 6.45) is 7.41. The lowest BCUT2D eigenvalue weighted by molar-refractivity contribution is -0.142. The lowest BCUT2D eigenvalue weighted by atomic mass is 10.0. The standard InChI is InChI=1S/C40H49N7O4S/c1-4-45-17-19-46(20-18-45)36(39(49)47-21-23-51-24-22-47)28-13-15-30(16-14-28)41-37-40(50)44(3)26-33(42-37)31-10-8-11-32(27(31)2)43-38(48)35-25-29-9-6-5-7-12-34(29)52-35/h8,10-11,13-16,25-26,36H,4-7,9,12,17-24H2,1-3H3,(H,41,42)(H,43,48). The maximum absolute atomic E-state index is 13.9. The minimum absolute atomic E-state index is 0.102. The molecule has 52 heavy (non-hydrogen) atoms. The van der Waals surface area contributed by atoms with E-state index in [-0.39, 0.29) is 29.2 Å². The third-order valence-electron chi connectivity index (χ3n) is 10.7. The van der Waals surface area contributed by atoms with E-state index >= 15 is 0 Å². The van der Waals surface area contributed by atoms with Crippen molar-refractivity contribution in [2.24, 2.45) is 7.05 Å². The van der Waals surface area contributed by atoms with Crippen molar-refractivity contribution in [1.82, 2.24) is 24.3 Å². The van der Waals surface area contributed by atoms with Gasteiger partial charge in [0.2, 0.25) is 5.91 Å². The predicted molar refractivity (Wildman–Crippen MR) is 207 cm³/mol. The van der Waals surface area contributed by atoms with Crippen molar-refractivity contribution in [3.63, 3.8) is 0 Å². The molecule has 274 valence electrons. The lowest BCUT2D eigenvalue weighted by Crippen LogP contribution is -2.53. The van der Waals surface area contributed by atoms with Crippen LogP contribution in [0, 0.1) is 6.92 Å². The summed E-state index contributed by atoms with van der Waals surface area (Å²) in [5.74, 6) is 0.198. The Morgan fingerprint density at radius 2 is 1.71 bits per heavy atom. The molecule has 3 aliphatic rings. The second-order valence-electron chi connectivity index (χ2n) is 14.0. The highest BCUT2D eigenvalue weighted by Gasteiger charge is 2.34. The number of hydrogen-bond acceptors (Lipinski definition) is 9. The molecule has 2 N–H and O–H groups in total. The first-order valence-electron chi connectivity index (χ1n) is 18.6. The summed E-state index contributed by atoms with van der Waals surface area (Å²) in [5, 5.41) is 6.38. The Kier molecular flexibility index (Phi) is 11.2. The van der Waals surface area contributed by atoms with Gasteiger partial charge in [-0.2, -0.15) is 0 Å². The Balaban J connectivity index is 1.10. The van der Waals surface area contributed by atoms with E-state index in [1.807, 2.05) is 54.3 Å². The van der Waals surface area contributed by atoms with Crippen molar-refractivity contribution in [2.45, 2.75) is 52.0 Å². The third kappa shape index (κ3) is 7.85. The smallest absolute Gasteiger partial charge is 0.293 e. The molecule has 2 fully saturated rings. The van der Waals surface area contributed by atoms with Gasteiger partial charge in [0.1, 0.15) is 6.04 Å². The van der Waals surface area contributed by atoms with E-state index in [0.717, 1.165) is 67.1 Å². The van der Waals surface area contributed by atoms with Crippen molar-refractivity contribution < 1.29 is 14.3 Å². The van der Waals surface area contributed by atoms with Crippen molar-refractivity contribution in [3.8, 4) is 11.3 Å². The second kappa shape index (κ2) is 16.1. The fourth-order valence-corrected chi connectivity index (χ4v) is 8.67. The van der Waals surface area contributed by atoms with E-state index in [0.29, 0.717) is 43.4 Å². The second-order valence-corrected chi connectivity index (χ2v) is 15.1. The lowest BCUT2D eigenvalue weighted by Gasteiger charge is -2.40. The number of likely N-dealkylation sites (N-methyl/N-ethyl adjacent to an activating group) is 1. The van der Waals surface area contributed by atoms with Crippen molar-refractivity contribution in [3.05, 3.63) is 91.5 Å². The number of carbonyl (C=O) groups is 2. The molecule has 2 aromatic carbocycles. The summed E-state index contributed by atoms with van der Waals surface area (Å²) in [6, 6.07) is 15.2. The molecular weight excluding hydrogens is 675 g/mol. The summed E-state index contributed by atoms with van der Waals surface area (Å²) < 4.78 is 7.05. The molecule has 2 aromatic heterocycles. The molecule has 0 bridgehead atoms. The van der Waals surface area contributed by atoms with Crippen LogP contribution < -0.4 is 16.2 Å². The first kappa shape index (κ1) is 36.0. The summed E-state index contributed by atoms with van der Waals surface area (Å²) in [4.78, 5) is 54.1. The Morgan fingerprint density at radius 3 is 2.46 bits per heavy atom. The summed E-state index contributed by atoms with van der Waals surface area (Å²) in [5.41, 5.74) is 5.69. The van der Waals surface area contributed by atoms with E-state index < -0.39 is 0 Å². The molecule has 0 saturated carbocycles. The van der Waals surface area contributed by atoms with Gasteiger partial charge >= 0.3 is 0 Å². The molecule has 1 atom stereocenters. The number of nitrogens with one attached hydrogen (secondary N) is 2. The molecule has 2 saturated heterocycles. The molecule has 2 amide bonds. The number of carbonyl (C=O) groups excluding carboxylic acids is 2. The number of aryl methyl sites for hydroxylation is 3. The van der Waals surface area contributed by atoms with E-state index in [1.54, 1.807) is 24.6 Å². The zero-order valence-corrected chi connectivity index (χ0v) is 31.3. The maximum Gasteiger partial charge on any atom is 0.293 e. The number of nitrogens with zero attached hydrogens (tertiary/aromatic N) is 5. The van der Waals surface area contributed by atoms with Crippen LogP contribution in [-0.4, -0.2) is 95.1 Å². The van der Waals surface area contributed by atoms with Gasteiger partial charge < -0.3 is 29.7 Å². The van der Waals surface area contributed by atoms with Crippen molar-refractivity contribution in [2.75, 3.05) is 69.7 Å². The van der Waals surface area contributed by atoms with Crippen LogP contribution in [0.5, 0.6) is 0 Å². The summed E-state index contributed by atoms with van der Waals surface area (Å²) in [6.45, 7) is 10.9. The Hall–Kier alpha value is -4.36. The molecule has 0 spiro atoms. The minimum Gasteiger partial charge on any atom is -0.378 e. The number of hydrogen-bond donors (Lipinski definition) is 2. The fraction of sp³-hybridized carbons (Fsp3) is 0.450. The third-order valence-corrected chi connectivity index (χ3v) is 11.9. The van der Waals surface area contributed by atoms with Gasteiger partial charge in [-0.1, -0.05) is 37.6 Å². The van der Waals surface area contributed by atoms with E-state index in [4.69, 9.17) is 9.72 Å². The summed E-state index contributed by atoms with van der Waals surface area (Å²) >= 11 is 1.61. The van der Waals surface area contributed by atoms with Crippen molar-refractivity contribution in [1.29, 1.82) is 0 Å². The molecule has 1 aliphatic carbocycles. The van der Waals surface area contributed by atoms with Crippen LogP contribution in [-0.2, 0) is 29.4 Å². The van der Waals surface area contributed by atoms with Gasteiger partial charge in [-0.15, -0.1) is 11.3 Å². The molecular formula is C40H49N7O4S. The largest absolute Gasteiger partial charge is 0.378 e. The van der Waals surface area contributed by atoms with Crippen LogP contribution in [0.3, 0.4) is 0 Å². The van der Waals surface area contributed by atoms with Gasteiger partial charge in [-0.05, 0) is 80.1 Å². The van der Waals surface area contributed by atoms with Crippen LogP contribution in [0.2, 0.25) is 0 Å². The van der Waals surface area contributed by atoms with Crippen LogP contribution in [0.15, 0.2) is 59.5 Å². The van der Waals surface area contributed by atoms with Gasteiger partial charge in [0, 0.05) is 74.3 Å². The van der Waals surface area contributed by atoms with Crippen LogP contribution in [0.1, 0.15) is 63.5 Å². The Bertz CT molecular complexity index is 1940. The van der Waals surface area contributed by atoms with E-state index in [9.17, 15) is 14.4 Å². The van der Waals surface area contributed by atoms with Crippen LogP contribution in [0.25, 0.3) is 11.3 Å². The highest BCUT2D eigenvalue weighted by Crippen LogP contribution is 2.32. The number of aromatic nitrogens is 2. The molecule has 7 rings (SSSR count). The molecule has 12 heteroatoms. The van der Waals surface area contributed by atoms with Gasteiger partial charge in [0.25, 0.3) is 11.5 Å². The van der Waals surface area contributed by atoms with Crippen LogP contribution in [0.4, 0.5) is 17.2 Å². The maximum atomic E-state index is 13.9. The Labute approximate surface area is 309 Å². The first-order valence-corrected chi connectivity index (χ1v) is 19.4. The topological polar surface area (TPSA) is 112 Å². The molecule has 11 nitrogen and oxygen atoms in total. The van der Waals surface area contributed by atoms with Gasteiger partial charge in [-0.3, -0.25) is 19.3 Å². The number of benzene rings is 2. The van der Waals surface area contributed by atoms with Gasteiger partial charge in [-0.25, -0.2) is 4.98 Å². The highest BCUT2D eigenvalue weighted by molar-refractivity contribution is 7.14. The number of piperazine rings is 1. The first-order chi connectivity index (χ1) is 25.3. The average molecular weight is 724 g/mol. The molecule has 4 aromatic rings. The molecule has 1 unspecified atom stereocenters. The number of morpholine rings is 1. The van der Waals surface area contributed by atoms with Crippen molar-refractivity contribution >= 4 is 40.3 Å². The highest BCUT2D eigenvalue weighted by atomic mass is 32.1. The van der Waals surface area contributed by atoms with Crippen LogP contribution >= 0.6 is 11.3 Å². The molecule has 4 heterocycles. The number of ether oxygens (including phenoxy) is 1. The Morgan fingerprint density at radius 1 is 0.962 bits per heavy atom. The molecule has 0 radical (unpaired) electrons. The van der Waals surface area contributed by atoms with E-state index in [1.165, 1.54) is 34.3 Å². The SMILES string of the molecule is CCN1CCN(C(C(=O)N2CCOCC2)c2ccc(Nc3nc(-c4cccc(NC(=O)c5cc6c(s5)CCCCC6)c4C)cn(C)c3=O)cc2)CC1. The number of anilines is 3. The fourth-order valence-electron chi connectivity index (χ4n) is 7.52. The minimum atomic E-state index is -0.383. The van der Waals surface area contributed by atoms with Gasteiger partial charge in [0.15, 0.2) is 5.82 Å². The van der Waals surface area contributed by atoms with E-state index in [2.05, 4.69) is 33.4 Å². The number of amides is 2. The predicted octanol–water partition coefficient (Wildman–Crippen LogP) is 5.62. The number of fused-ring (bicyclic) bond motifs is 1. The monoisotopic (exact) mass is 723 g/mol. The zero-order chi connectivity index (χ0) is 36.2. The zero-order valence-electron chi connectivity index (χ0n) is 30.5. The summed E-state index contributed by atoms with van der Waals surface area (Å²) in [7, 11) is 1.71. The quantitative estimate of drug-likeness (QED) is 0.214. The average Bonchev–Trinajstić information content (AvgIpc) is 3.45. The number of thiophene rings is 1. The molecule has 2 aliphatic heterocycles. The van der Waals surface area contributed by atoms with Gasteiger partial charge in [0.05, 0.1) is 23.8 Å².